The van der Waals surface area contributed by atoms with Gasteiger partial charge in [0, 0.05) is 6.07 Å². The molecule has 0 saturated carbocycles. The number of nitrogens with one attached hydrogen (secondary N) is 1. The van der Waals surface area contributed by atoms with Gasteiger partial charge in [-0.3, -0.25) is 10.2 Å². The van der Waals surface area contributed by atoms with E-state index in [0.29, 0.717) is 16.5 Å². The second-order valence-electron chi connectivity index (χ2n) is 3.67. The number of nitrogens with zero attached hydrogens (tertiary/aromatic N) is 2. The molecule has 0 radical (unpaired) electrons. The first-order chi connectivity index (χ1) is 9.65. The third-order valence-electron chi connectivity index (χ3n) is 2.38. The van der Waals surface area contributed by atoms with Crippen molar-refractivity contribution in [2.45, 2.75) is 6.61 Å². The number of benzene rings is 1. The first-order valence-corrected chi connectivity index (χ1v) is 5.81. The van der Waals surface area contributed by atoms with E-state index in [0.717, 1.165) is 0 Å². The molecule has 2 rings (SSSR count). The molecule has 0 aliphatic heterocycles. The Morgan fingerprint density at radius 3 is 3.10 bits per heavy atom. The van der Waals surface area contributed by atoms with Crippen LogP contribution in [0.15, 0.2) is 28.8 Å². The fourth-order valence-electron chi connectivity index (χ4n) is 1.44. The van der Waals surface area contributed by atoms with Gasteiger partial charge in [0.15, 0.2) is 11.5 Å². The number of amides is 1. The molecule has 8 heteroatoms. The van der Waals surface area contributed by atoms with E-state index in [1.165, 1.54) is 6.07 Å². The molecule has 0 fully saturated rings. The van der Waals surface area contributed by atoms with Crippen LogP contribution in [0, 0.1) is 11.3 Å². The summed E-state index contributed by atoms with van der Waals surface area (Å²) in [4.78, 5) is 11.2. The molecule has 0 spiro atoms. The number of rotatable bonds is 4. The van der Waals surface area contributed by atoms with E-state index in [4.69, 9.17) is 32.0 Å². The van der Waals surface area contributed by atoms with Crippen LogP contribution < -0.4 is 16.0 Å². The van der Waals surface area contributed by atoms with Crippen molar-refractivity contribution >= 4 is 17.5 Å². The Bertz CT molecular complexity index is 678. The van der Waals surface area contributed by atoms with Crippen LogP contribution in [0.3, 0.4) is 0 Å². The monoisotopic (exact) mass is 292 g/mol. The second-order valence-corrected chi connectivity index (χ2v) is 4.07. The van der Waals surface area contributed by atoms with Gasteiger partial charge < -0.3 is 9.26 Å². The Labute approximate surface area is 118 Å². The molecule has 1 heterocycles. The number of nitrogens with two attached hydrogens (primary N) is 1. The smallest absolute Gasteiger partial charge is 0.287 e. The molecule has 1 amide bonds. The van der Waals surface area contributed by atoms with E-state index in [9.17, 15) is 4.79 Å². The molecule has 102 valence electrons. The quantitative estimate of drug-likeness (QED) is 0.500. The van der Waals surface area contributed by atoms with E-state index < -0.39 is 5.91 Å². The number of aromatic nitrogens is 1. The zero-order valence-corrected chi connectivity index (χ0v) is 10.8. The van der Waals surface area contributed by atoms with Gasteiger partial charge in [0.05, 0.1) is 5.02 Å². The van der Waals surface area contributed by atoms with Crippen LogP contribution in [0.2, 0.25) is 5.02 Å². The lowest BCUT2D eigenvalue weighted by molar-refractivity contribution is 0.0944. The summed E-state index contributed by atoms with van der Waals surface area (Å²) < 4.78 is 10.3. The van der Waals surface area contributed by atoms with Gasteiger partial charge in [0.1, 0.15) is 24.0 Å². The molecular formula is C12H9ClN4O3. The number of ether oxygens (including phenoxy) is 1. The minimum atomic E-state index is -0.569. The summed E-state index contributed by atoms with van der Waals surface area (Å²) in [5.74, 6) is 5.03. The van der Waals surface area contributed by atoms with Gasteiger partial charge in [-0.2, -0.15) is 5.26 Å². The number of halogens is 1. The topological polar surface area (TPSA) is 114 Å². The van der Waals surface area contributed by atoms with Crippen molar-refractivity contribution in [3.63, 3.8) is 0 Å². The Hall–Kier alpha value is -2.56. The molecule has 1 aromatic carbocycles. The van der Waals surface area contributed by atoms with Crippen LogP contribution in [-0.2, 0) is 6.61 Å². The molecule has 3 N–H and O–H groups in total. The number of hydrogen-bond donors (Lipinski definition) is 2. The molecule has 0 unspecified atom stereocenters. The fourth-order valence-corrected chi connectivity index (χ4v) is 1.65. The van der Waals surface area contributed by atoms with Gasteiger partial charge in [-0.25, -0.2) is 5.84 Å². The minimum Gasteiger partial charge on any atom is -0.484 e. The van der Waals surface area contributed by atoms with Gasteiger partial charge in [0.25, 0.3) is 5.91 Å². The van der Waals surface area contributed by atoms with E-state index in [1.807, 2.05) is 11.5 Å². The molecule has 7 nitrogen and oxygen atoms in total. The SMILES string of the molecule is N#Cc1c(Cl)cccc1OCc1cc(C(=O)NN)no1. The number of nitriles is 1. The standard InChI is InChI=1S/C12H9ClN4O3/c13-9-2-1-3-11(8(9)5-14)19-6-7-4-10(17-20-7)12(18)16-15/h1-4H,6,15H2,(H,16,18). The molecule has 1 aromatic heterocycles. The zero-order valence-electron chi connectivity index (χ0n) is 10.1. The summed E-state index contributed by atoms with van der Waals surface area (Å²) in [7, 11) is 0. The van der Waals surface area contributed by atoms with Crippen molar-refractivity contribution in [1.29, 1.82) is 5.26 Å². The number of nitrogen functional groups attached to an aromatic ring is 1. The van der Waals surface area contributed by atoms with E-state index in [1.54, 1.807) is 18.2 Å². The predicted molar refractivity (Wildman–Crippen MR) is 68.7 cm³/mol. The number of carbonyl (C=O) groups excluding carboxylic acids is 1. The average Bonchev–Trinajstić information content (AvgIpc) is 2.93. The van der Waals surface area contributed by atoms with E-state index >= 15 is 0 Å². The van der Waals surface area contributed by atoms with Crippen LogP contribution >= 0.6 is 11.6 Å². The Morgan fingerprint density at radius 1 is 1.60 bits per heavy atom. The van der Waals surface area contributed by atoms with E-state index in [2.05, 4.69) is 5.16 Å². The van der Waals surface area contributed by atoms with Crippen LogP contribution in [0.1, 0.15) is 21.8 Å². The van der Waals surface area contributed by atoms with Crippen molar-refractivity contribution in [3.05, 3.63) is 46.3 Å². The van der Waals surface area contributed by atoms with Crippen LogP contribution in [-0.4, -0.2) is 11.1 Å². The highest BCUT2D eigenvalue weighted by molar-refractivity contribution is 6.31. The largest absolute Gasteiger partial charge is 0.484 e. The molecule has 0 aliphatic carbocycles. The molecule has 2 aromatic rings. The first kappa shape index (κ1) is 13.9. The first-order valence-electron chi connectivity index (χ1n) is 5.43. The normalized spacial score (nSPS) is 9.85. The lowest BCUT2D eigenvalue weighted by atomic mass is 10.2. The fraction of sp³-hybridized carbons (Fsp3) is 0.0833. The Kier molecular flexibility index (Phi) is 4.20. The summed E-state index contributed by atoms with van der Waals surface area (Å²) in [6, 6.07) is 8.19. The van der Waals surface area contributed by atoms with Crippen molar-refractivity contribution in [1.82, 2.24) is 10.6 Å². The Morgan fingerprint density at radius 2 is 2.40 bits per heavy atom. The predicted octanol–water partition coefficient (Wildman–Crippen LogP) is 1.38. The van der Waals surface area contributed by atoms with Crippen molar-refractivity contribution in [3.8, 4) is 11.8 Å². The molecule has 0 aliphatic rings. The van der Waals surface area contributed by atoms with Crippen molar-refractivity contribution < 1.29 is 14.1 Å². The summed E-state index contributed by atoms with van der Waals surface area (Å²) in [5, 5.41) is 12.8. The Balaban J connectivity index is 2.10. The van der Waals surface area contributed by atoms with Gasteiger partial charge in [-0.1, -0.05) is 22.8 Å². The maximum absolute atomic E-state index is 11.2. The molecular weight excluding hydrogens is 284 g/mol. The summed E-state index contributed by atoms with van der Waals surface area (Å²) in [6.07, 6.45) is 0. The summed E-state index contributed by atoms with van der Waals surface area (Å²) >= 11 is 5.87. The molecule has 0 atom stereocenters. The van der Waals surface area contributed by atoms with Crippen LogP contribution in [0.4, 0.5) is 0 Å². The summed E-state index contributed by atoms with van der Waals surface area (Å²) in [5.41, 5.74) is 2.20. The third-order valence-corrected chi connectivity index (χ3v) is 2.69. The second kappa shape index (κ2) is 6.06. The van der Waals surface area contributed by atoms with Crippen molar-refractivity contribution in [2.24, 2.45) is 5.84 Å². The lowest BCUT2D eigenvalue weighted by Gasteiger charge is -2.06. The number of carbonyl (C=O) groups is 1. The van der Waals surface area contributed by atoms with E-state index in [-0.39, 0.29) is 17.9 Å². The zero-order chi connectivity index (χ0) is 14.5. The van der Waals surface area contributed by atoms with Gasteiger partial charge in [-0.15, -0.1) is 0 Å². The maximum atomic E-state index is 11.2. The number of hydrogen-bond acceptors (Lipinski definition) is 6. The third kappa shape index (κ3) is 2.88. The highest BCUT2D eigenvalue weighted by Gasteiger charge is 2.13. The van der Waals surface area contributed by atoms with Crippen molar-refractivity contribution in [2.75, 3.05) is 0 Å². The van der Waals surface area contributed by atoms with Crippen LogP contribution in [0.25, 0.3) is 0 Å². The summed E-state index contributed by atoms with van der Waals surface area (Å²) in [6.45, 7) is -0.000125. The molecule has 20 heavy (non-hydrogen) atoms. The van der Waals surface area contributed by atoms with Gasteiger partial charge in [0.2, 0.25) is 0 Å². The van der Waals surface area contributed by atoms with Gasteiger partial charge in [-0.05, 0) is 12.1 Å². The highest BCUT2D eigenvalue weighted by Crippen LogP contribution is 2.26. The molecule has 0 saturated heterocycles. The van der Waals surface area contributed by atoms with Gasteiger partial charge >= 0.3 is 0 Å². The molecule has 0 bridgehead atoms. The van der Waals surface area contributed by atoms with Crippen LogP contribution in [0.5, 0.6) is 5.75 Å². The maximum Gasteiger partial charge on any atom is 0.287 e. The highest BCUT2D eigenvalue weighted by atomic mass is 35.5. The minimum absolute atomic E-state index is 0.000125. The number of hydrazine groups is 1. The lowest BCUT2D eigenvalue weighted by Crippen LogP contribution is -2.30. The average molecular weight is 293 g/mol.